The summed E-state index contributed by atoms with van der Waals surface area (Å²) >= 11 is 0. The lowest BCUT2D eigenvalue weighted by Gasteiger charge is -2.22. The van der Waals surface area contributed by atoms with Crippen LogP contribution in [-0.4, -0.2) is 52.7 Å². The minimum atomic E-state index is -1.22. The van der Waals surface area contributed by atoms with Gasteiger partial charge in [0.2, 0.25) is 5.91 Å². The lowest BCUT2D eigenvalue weighted by molar-refractivity contribution is -0.134. The largest absolute Gasteiger partial charge is 0.497 e. The molecule has 1 aliphatic rings. The van der Waals surface area contributed by atoms with Crippen LogP contribution in [0, 0.1) is 0 Å². The normalized spacial score (nSPS) is 18.9. The summed E-state index contributed by atoms with van der Waals surface area (Å²) in [6, 6.07) is 8.11. The molecule has 0 saturated carbocycles. The highest BCUT2D eigenvalue weighted by Crippen LogP contribution is 2.29. The molecule has 28 heavy (non-hydrogen) atoms. The van der Waals surface area contributed by atoms with E-state index < -0.39 is 17.5 Å². The summed E-state index contributed by atoms with van der Waals surface area (Å²) in [6.07, 6.45) is 4.22. The van der Waals surface area contributed by atoms with E-state index in [-0.39, 0.29) is 12.5 Å². The number of imide groups is 1. The number of aryl methyl sites for hydroxylation is 1. The summed E-state index contributed by atoms with van der Waals surface area (Å²) in [6.45, 7) is 2.40. The summed E-state index contributed by atoms with van der Waals surface area (Å²) in [5.41, 5.74) is -0.599. The Balaban J connectivity index is 1.55. The first-order valence-electron chi connectivity index (χ1n) is 8.97. The molecular formula is C19H23N5O4. The van der Waals surface area contributed by atoms with E-state index in [0.717, 1.165) is 4.90 Å². The maximum absolute atomic E-state index is 12.8. The number of ether oxygens (including phenoxy) is 1. The maximum Gasteiger partial charge on any atom is 0.325 e. The van der Waals surface area contributed by atoms with E-state index in [9.17, 15) is 14.4 Å². The minimum Gasteiger partial charge on any atom is -0.497 e. The van der Waals surface area contributed by atoms with Crippen LogP contribution in [0.1, 0.15) is 18.9 Å². The Bertz CT molecular complexity index is 850. The van der Waals surface area contributed by atoms with Crippen molar-refractivity contribution in [1.82, 2.24) is 25.3 Å². The van der Waals surface area contributed by atoms with Gasteiger partial charge in [-0.05, 0) is 37.1 Å². The van der Waals surface area contributed by atoms with Gasteiger partial charge in [0.15, 0.2) is 0 Å². The number of benzene rings is 1. The van der Waals surface area contributed by atoms with Gasteiger partial charge in [-0.25, -0.2) is 4.79 Å². The molecule has 0 bridgehead atoms. The standard InChI is InChI=1S/C19H23N5O4/c1-19(14-5-7-15(28-2)8-6-14)17(26)24(18(27)22-19)13-16(25)20-9-3-11-23-12-4-10-21-23/h4-8,10,12H,3,9,11,13H2,1-2H3,(H,20,25)(H,22,27). The zero-order chi connectivity index (χ0) is 20.1. The highest BCUT2D eigenvalue weighted by Gasteiger charge is 2.49. The van der Waals surface area contributed by atoms with Crippen molar-refractivity contribution in [3.63, 3.8) is 0 Å². The average Bonchev–Trinajstić information content (AvgIpc) is 3.28. The topological polar surface area (TPSA) is 106 Å². The van der Waals surface area contributed by atoms with Crippen LogP contribution in [0.15, 0.2) is 42.7 Å². The fourth-order valence-corrected chi connectivity index (χ4v) is 3.06. The second-order valence-electron chi connectivity index (χ2n) is 6.65. The molecule has 9 nitrogen and oxygen atoms in total. The monoisotopic (exact) mass is 385 g/mol. The Morgan fingerprint density at radius 1 is 1.29 bits per heavy atom. The lowest BCUT2D eigenvalue weighted by atomic mass is 9.92. The molecule has 4 amide bonds. The molecule has 3 rings (SSSR count). The van der Waals surface area contributed by atoms with Crippen LogP contribution < -0.4 is 15.4 Å². The molecule has 2 N–H and O–H groups in total. The van der Waals surface area contributed by atoms with E-state index in [4.69, 9.17) is 4.74 Å². The quantitative estimate of drug-likeness (QED) is 0.518. The van der Waals surface area contributed by atoms with Gasteiger partial charge in [0.25, 0.3) is 5.91 Å². The van der Waals surface area contributed by atoms with Crippen LogP contribution in [0.5, 0.6) is 5.75 Å². The Morgan fingerprint density at radius 3 is 2.68 bits per heavy atom. The molecule has 1 aliphatic heterocycles. The predicted octanol–water partition coefficient (Wildman–Crippen LogP) is 0.865. The molecule has 1 aromatic carbocycles. The van der Waals surface area contributed by atoms with E-state index in [0.29, 0.717) is 30.8 Å². The van der Waals surface area contributed by atoms with Crippen molar-refractivity contribution in [3.8, 4) is 5.75 Å². The van der Waals surface area contributed by atoms with E-state index >= 15 is 0 Å². The fourth-order valence-electron chi connectivity index (χ4n) is 3.06. The second-order valence-corrected chi connectivity index (χ2v) is 6.65. The van der Waals surface area contributed by atoms with Crippen LogP contribution in [-0.2, 0) is 21.7 Å². The molecule has 2 aromatic rings. The third-order valence-electron chi connectivity index (χ3n) is 4.69. The molecule has 1 saturated heterocycles. The number of methoxy groups -OCH3 is 1. The Labute approximate surface area is 162 Å². The molecule has 0 aliphatic carbocycles. The number of carbonyl (C=O) groups is 3. The van der Waals surface area contributed by atoms with Gasteiger partial charge >= 0.3 is 6.03 Å². The first-order chi connectivity index (χ1) is 13.4. The summed E-state index contributed by atoms with van der Waals surface area (Å²) in [5.74, 6) is -0.201. The molecule has 9 heteroatoms. The first kappa shape index (κ1) is 19.4. The van der Waals surface area contributed by atoms with Crippen molar-refractivity contribution in [2.24, 2.45) is 0 Å². The predicted molar refractivity (Wildman–Crippen MR) is 100 cm³/mol. The third-order valence-corrected chi connectivity index (χ3v) is 4.69. The van der Waals surface area contributed by atoms with Crippen LogP contribution in [0.2, 0.25) is 0 Å². The van der Waals surface area contributed by atoms with Crippen molar-refractivity contribution in [1.29, 1.82) is 0 Å². The SMILES string of the molecule is COc1ccc(C2(C)NC(=O)N(CC(=O)NCCCn3cccn3)C2=O)cc1. The van der Waals surface area contributed by atoms with Crippen molar-refractivity contribution < 1.29 is 19.1 Å². The number of urea groups is 1. The van der Waals surface area contributed by atoms with Crippen molar-refractivity contribution in [2.75, 3.05) is 20.2 Å². The summed E-state index contributed by atoms with van der Waals surface area (Å²) in [5, 5.41) is 9.49. The second kappa shape index (κ2) is 8.12. The van der Waals surface area contributed by atoms with Crippen LogP contribution in [0.4, 0.5) is 4.79 Å². The highest BCUT2D eigenvalue weighted by atomic mass is 16.5. The number of hydrogen-bond acceptors (Lipinski definition) is 5. The molecule has 1 aromatic heterocycles. The van der Waals surface area contributed by atoms with Gasteiger partial charge in [0.05, 0.1) is 7.11 Å². The molecule has 0 radical (unpaired) electrons. The van der Waals surface area contributed by atoms with Crippen molar-refractivity contribution in [2.45, 2.75) is 25.4 Å². The number of nitrogens with zero attached hydrogens (tertiary/aromatic N) is 3. The van der Waals surface area contributed by atoms with Gasteiger partial charge < -0.3 is 15.4 Å². The summed E-state index contributed by atoms with van der Waals surface area (Å²) < 4.78 is 6.88. The Kier molecular flexibility index (Phi) is 5.62. The number of carbonyl (C=O) groups excluding carboxylic acids is 3. The lowest BCUT2D eigenvalue weighted by Crippen LogP contribution is -2.43. The molecule has 1 unspecified atom stereocenters. The number of amides is 4. The third kappa shape index (κ3) is 3.98. The van der Waals surface area contributed by atoms with Gasteiger partial charge in [-0.3, -0.25) is 19.2 Å². The Hall–Kier alpha value is -3.36. The van der Waals surface area contributed by atoms with Gasteiger partial charge in [-0.2, -0.15) is 5.10 Å². The maximum atomic E-state index is 12.8. The fraction of sp³-hybridized carbons (Fsp3) is 0.368. The van der Waals surface area contributed by atoms with Gasteiger partial charge in [0.1, 0.15) is 17.8 Å². The molecule has 2 heterocycles. The number of aromatic nitrogens is 2. The van der Waals surface area contributed by atoms with Gasteiger partial charge in [0, 0.05) is 25.5 Å². The van der Waals surface area contributed by atoms with Crippen molar-refractivity contribution in [3.05, 3.63) is 48.3 Å². The van der Waals surface area contributed by atoms with E-state index in [1.807, 2.05) is 12.3 Å². The molecule has 1 atom stereocenters. The van der Waals surface area contributed by atoms with E-state index in [2.05, 4.69) is 15.7 Å². The highest BCUT2D eigenvalue weighted by molar-refractivity contribution is 6.09. The van der Waals surface area contributed by atoms with Gasteiger partial charge in [-0.15, -0.1) is 0 Å². The van der Waals surface area contributed by atoms with Crippen molar-refractivity contribution >= 4 is 17.8 Å². The average molecular weight is 385 g/mol. The zero-order valence-corrected chi connectivity index (χ0v) is 15.8. The molecule has 148 valence electrons. The van der Waals surface area contributed by atoms with Crippen LogP contribution >= 0.6 is 0 Å². The first-order valence-corrected chi connectivity index (χ1v) is 8.97. The number of hydrogen-bond donors (Lipinski definition) is 2. The molecular weight excluding hydrogens is 362 g/mol. The minimum absolute atomic E-state index is 0.321. The smallest absolute Gasteiger partial charge is 0.325 e. The van der Waals surface area contributed by atoms with Gasteiger partial charge in [-0.1, -0.05) is 12.1 Å². The van der Waals surface area contributed by atoms with Crippen LogP contribution in [0.3, 0.4) is 0 Å². The van der Waals surface area contributed by atoms with Crippen LogP contribution in [0.25, 0.3) is 0 Å². The van der Waals surface area contributed by atoms with E-state index in [1.165, 1.54) is 0 Å². The van der Waals surface area contributed by atoms with E-state index in [1.54, 1.807) is 49.2 Å². The zero-order valence-electron chi connectivity index (χ0n) is 15.8. The summed E-state index contributed by atoms with van der Waals surface area (Å²) in [4.78, 5) is 38.2. The molecule has 0 spiro atoms. The molecule has 1 fully saturated rings. The number of rotatable bonds is 8. The summed E-state index contributed by atoms with van der Waals surface area (Å²) in [7, 11) is 1.55. The Morgan fingerprint density at radius 2 is 2.04 bits per heavy atom. The number of nitrogens with one attached hydrogen (secondary N) is 2.